The molecule has 6 atom stereocenters. The molecule has 0 amide bonds. The highest BCUT2D eigenvalue weighted by molar-refractivity contribution is 5.17. The maximum Gasteiger partial charge on any atom is 0.0910 e. The third kappa shape index (κ3) is 0.767. The lowest BCUT2D eigenvalue weighted by molar-refractivity contribution is -0.256. The molecule has 0 radical (unpaired) electrons. The summed E-state index contributed by atoms with van der Waals surface area (Å²) in [5.41, 5.74) is 0. The molecule has 2 bridgehead atoms. The molecular formula is C11H14O2. The summed E-state index contributed by atoms with van der Waals surface area (Å²) in [5.74, 6) is 1.33. The van der Waals surface area contributed by atoms with Crippen molar-refractivity contribution >= 4 is 0 Å². The van der Waals surface area contributed by atoms with E-state index in [0.29, 0.717) is 36.3 Å². The van der Waals surface area contributed by atoms with E-state index in [1.165, 1.54) is 19.3 Å². The van der Waals surface area contributed by atoms with Gasteiger partial charge in [0.1, 0.15) is 0 Å². The normalized spacial score (nSPS) is 61.5. The molecule has 0 spiro atoms. The SMILES string of the molecule is C1=CC2CC1C1OC3CCC3OC21. The van der Waals surface area contributed by atoms with E-state index in [9.17, 15) is 0 Å². The molecule has 1 saturated heterocycles. The Bertz CT molecular complexity index is 247. The minimum atomic E-state index is 0.400. The van der Waals surface area contributed by atoms with Crippen molar-refractivity contribution in [1.82, 2.24) is 0 Å². The second kappa shape index (κ2) is 2.18. The average Bonchev–Trinajstić information content (AvgIpc) is 2.67. The molecule has 0 N–H and O–H groups in total. The van der Waals surface area contributed by atoms with Crippen LogP contribution in [0.1, 0.15) is 19.3 Å². The second-order valence-corrected chi connectivity index (χ2v) is 4.80. The highest BCUT2D eigenvalue weighted by Gasteiger charge is 2.53. The largest absolute Gasteiger partial charge is 0.369 e. The van der Waals surface area contributed by atoms with Crippen LogP contribution < -0.4 is 0 Å². The molecule has 3 fully saturated rings. The van der Waals surface area contributed by atoms with Crippen LogP contribution >= 0.6 is 0 Å². The first-order valence-electron chi connectivity index (χ1n) is 5.41. The van der Waals surface area contributed by atoms with Crippen molar-refractivity contribution < 1.29 is 9.47 Å². The van der Waals surface area contributed by atoms with Gasteiger partial charge in [-0.05, 0) is 19.3 Å². The predicted molar refractivity (Wildman–Crippen MR) is 47.3 cm³/mol. The summed E-state index contributed by atoms with van der Waals surface area (Å²) in [4.78, 5) is 0. The Hall–Kier alpha value is -0.340. The third-order valence-electron chi connectivity index (χ3n) is 4.13. The minimum Gasteiger partial charge on any atom is -0.369 e. The van der Waals surface area contributed by atoms with Crippen molar-refractivity contribution in [3.63, 3.8) is 0 Å². The third-order valence-corrected chi connectivity index (χ3v) is 4.13. The number of ether oxygens (including phenoxy) is 2. The number of hydrogen-bond acceptors (Lipinski definition) is 2. The van der Waals surface area contributed by atoms with Gasteiger partial charge in [0.05, 0.1) is 24.4 Å². The second-order valence-electron chi connectivity index (χ2n) is 4.80. The molecule has 1 aliphatic heterocycles. The van der Waals surface area contributed by atoms with Gasteiger partial charge in [0.25, 0.3) is 0 Å². The first-order valence-corrected chi connectivity index (χ1v) is 5.41. The Morgan fingerprint density at radius 2 is 1.38 bits per heavy atom. The first-order chi connectivity index (χ1) is 6.42. The molecule has 3 aliphatic carbocycles. The van der Waals surface area contributed by atoms with Gasteiger partial charge in [-0.15, -0.1) is 0 Å². The Kier molecular flexibility index (Phi) is 1.18. The molecule has 4 aliphatic rings. The van der Waals surface area contributed by atoms with Crippen LogP contribution in [-0.2, 0) is 9.47 Å². The van der Waals surface area contributed by atoms with E-state index in [-0.39, 0.29) is 0 Å². The number of hydrogen-bond donors (Lipinski definition) is 0. The molecule has 1 heterocycles. The van der Waals surface area contributed by atoms with Crippen LogP contribution in [0.2, 0.25) is 0 Å². The number of rotatable bonds is 0. The maximum atomic E-state index is 6.07. The fraction of sp³-hybridized carbons (Fsp3) is 0.818. The van der Waals surface area contributed by atoms with Crippen molar-refractivity contribution in [2.45, 2.75) is 43.7 Å². The van der Waals surface area contributed by atoms with Gasteiger partial charge < -0.3 is 9.47 Å². The van der Waals surface area contributed by atoms with Crippen LogP contribution in [0, 0.1) is 11.8 Å². The molecule has 2 nitrogen and oxygen atoms in total. The van der Waals surface area contributed by atoms with Crippen LogP contribution in [0.4, 0.5) is 0 Å². The highest BCUT2D eigenvalue weighted by Crippen LogP contribution is 2.49. The molecule has 0 aromatic heterocycles. The fourth-order valence-electron chi connectivity index (χ4n) is 3.24. The lowest BCUT2D eigenvalue weighted by Gasteiger charge is -2.48. The van der Waals surface area contributed by atoms with Gasteiger partial charge in [-0.2, -0.15) is 0 Å². The summed E-state index contributed by atoms with van der Waals surface area (Å²) in [7, 11) is 0. The molecule has 6 unspecified atom stereocenters. The molecular weight excluding hydrogens is 164 g/mol. The first kappa shape index (κ1) is 7.02. The van der Waals surface area contributed by atoms with Crippen molar-refractivity contribution in [3.8, 4) is 0 Å². The maximum absolute atomic E-state index is 6.07. The standard InChI is InChI=1S/C11H14O2/c1-2-7-5-6(1)10-11(7)13-9-4-3-8(9)12-10/h1-2,6-11H,3-5H2. The van der Waals surface area contributed by atoms with E-state index in [0.717, 1.165) is 0 Å². The Labute approximate surface area is 77.9 Å². The summed E-state index contributed by atoms with van der Waals surface area (Å²) in [6.07, 6.45) is 10.0. The quantitative estimate of drug-likeness (QED) is 0.523. The van der Waals surface area contributed by atoms with Gasteiger partial charge >= 0.3 is 0 Å². The van der Waals surface area contributed by atoms with E-state index < -0.39 is 0 Å². The zero-order chi connectivity index (χ0) is 8.41. The van der Waals surface area contributed by atoms with Crippen LogP contribution in [-0.4, -0.2) is 24.4 Å². The van der Waals surface area contributed by atoms with E-state index in [1.54, 1.807) is 0 Å². The Morgan fingerprint density at radius 3 is 1.85 bits per heavy atom. The molecule has 2 heteroatoms. The predicted octanol–water partition coefficient (Wildman–Crippen LogP) is 1.51. The highest BCUT2D eigenvalue weighted by atomic mass is 16.6. The summed E-state index contributed by atoms with van der Waals surface area (Å²) in [5, 5.41) is 0. The molecule has 4 rings (SSSR count). The molecule has 0 aromatic carbocycles. The van der Waals surface area contributed by atoms with Crippen LogP contribution in [0.25, 0.3) is 0 Å². The number of fused-ring (bicyclic) bond motifs is 6. The zero-order valence-corrected chi connectivity index (χ0v) is 7.56. The molecule has 70 valence electrons. The lowest BCUT2D eigenvalue weighted by Crippen LogP contribution is -2.55. The van der Waals surface area contributed by atoms with E-state index in [4.69, 9.17) is 9.47 Å². The Morgan fingerprint density at radius 1 is 0.846 bits per heavy atom. The van der Waals surface area contributed by atoms with Gasteiger partial charge in [0.15, 0.2) is 0 Å². The molecule has 0 aromatic rings. The minimum absolute atomic E-state index is 0.400. The molecule has 13 heavy (non-hydrogen) atoms. The van der Waals surface area contributed by atoms with Gasteiger partial charge in [-0.25, -0.2) is 0 Å². The van der Waals surface area contributed by atoms with Gasteiger partial charge in [0.2, 0.25) is 0 Å². The van der Waals surface area contributed by atoms with Crippen molar-refractivity contribution in [3.05, 3.63) is 12.2 Å². The van der Waals surface area contributed by atoms with Gasteiger partial charge in [-0.3, -0.25) is 0 Å². The smallest absolute Gasteiger partial charge is 0.0910 e. The monoisotopic (exact) mass is 178 g/mol. The van der Waals surface area contributed by atoms with E-state index >= 15 is 0 Å². The fourth-order valence-corrected chi connectivity index (χ4v) is 3.24. The van der Waals surface area contributed by atoms with Gasteiger partial charge in [-0.1, -0.05) is 12.2 Å². The zero-order valence-electron chi connectivity index (χ0n) is 7.56. The van der Waals surface area contributed by atoms with Crippen LogP contribution in [0.3, 0.4) is 0 Å². The van der Waals surface area contributed by atoms with E-state index in [1.807, 2.05) is 0 Å². The van der Waals surface area contributed by atoms with Crippen molar-refractivity contribution in [2.75, 3.05) is 0 Å². The topological polar surface area (TPSA) is 18.5 Å². The Balaban J connectivity index is 1.66. The van der Waals surface area contributed by atoms with Crippen LogP contribution in [0.15, 0.2) is 12.2 Å². The van der Waals surface area contributed by atoms with Crippen molar-refractivity contribution in [2.24, 2.45) is 11.8 Å². The lowest BCUT2D eigenvalue weighted by atomic mass is 9.87. The van der Waals surface area contributed by atoms with Crippen molar-refractivity contribution in [1.29, 1.82) is 0 Å². The summed E-state index contributed by atoms with van der Waals surface area (Å²) in [6.45, 7) is 0. The van der Waals surface area contributed by atoms with E-state index in [2.05, 4.69) is 12.2 Å². The summed E-state index contributed by atoms with van der Waals surface area (Å²) in [6, 6.07) is 0. The van der Waals surface area contributed by atoms with Gasteiger partial charge in [0, 0.05) is 11.8 Å². The van der Waals surface area contributed by atoms with Crippen LogP contribution in [0.5, 0.6) is 0 Å². The summed E-state index contributed by atoms with van der Waals surface area (Å²) < 4.78 is 12.1. The average molecular weight is 178 g/mol. The molecule has 2 saturated carbocycles. The summed E-state index contributed by atoms with van der Waals surface area (Å²) >= 11 is 0.